The largest absolute Gasteiger partial charge is 0.480 e. The first-order chi connectivity index (χ1) is 12.9. The molecule has 0 aromatic carbocycles. The molecule has 144 valence electrons. The first kappa shape index (κ1) is 19.7. The fraction of sp³-hybridized carbons (Fsp3) is 0.471. The molecule has 0 saturated carbocycles. The van der Waals surface area contributed by atoms with Crippen LogP contribution >= 0.6 is 23.5 Å². The highest BCUT2D eigenvalue weighted by Gasteiger charge is 2.52. The topological polar surface area (TPSA) is 112 Å². The molecule has 1 saturated heterocycles. The maximum absolute atomic E-state index is 12.4. The summed E-state index contributed by atoms with van der Waals surface area (Å²) in [5.41, 5.74) is 0.613. The highest BCUT2D eigenvalue weighted by Crippen LogP contribution is 2.41. The molecule has 0 spiro atoms. The van der Waals surface area contributed by atoms with Gasteiger partial charge in [0, 0.05) is 30.8 Å². The van der Waals surface area contributed by atoms with E-state index in [-0.39, 0.29) is 17.7 Å². The number of fused-ring (bicyclic) bond motifs is 1. The number of amides is 2. The van der Waals surface area contributed by atoms with E-state index in [9.17, 15) is 19.5 Å². The average molecular weight is 409 g/mol. The molecule has 2 N–H and O–H groups in total. The number of hydrogen-bond acceptors (Lipinski definition) is 7. The molecule has 0 aliphatic carbocycles. The fourth-order valence-electron chi connectivity index (χ4n) is 2.81. The van der Waals surface area contributed by atoms with Gasteiger partial charge in [-0.3, -0.25) is 14.4 Å². The summed E-state index contributed by atoms with van der Waals surface area (Å²) in [6.45, 7) is 3.85. The van der Waals surface area contributed by atoms with Crippen LogP contribution < -0.4 is 5.32 Å². The van der Waals surface area contributed by atoms with Crippen LogP contribution in [0.2, 0.25) is 0 Å². The summed E-state index contributed by atoms with van der Waals surface area (Å²) >= 11 is 2.49. The van der Waals surface area contributed by atoms with Crippen molar-refractivity contribution in [1.82, 2.24) is 20.2 Å². The Balaban J connectivity index is 1.69. The Bertz CT molecular complexity index is 771. The zero-order valence-electron chi connectivity index (χ0n) is 14.9. The van der Waals surface area contributed by atoms with Crippen LogP contribution in [0, 0.1) is 5.92 Å². The molecule has 27 heavy (non-hydrogen) atoms. The second kappa shape index (κ2) is 8.30. The third-order valence-electron chi connectivity index (χ3n) is 4.04. The highest BCUT2D eigenvalue weighted by atomic mass is 32.2. The van der Waals surface area contributed by atoms with E-state index >= 15 is 0 Å². The van der Waals surface area contributed by atoms with E-state index in [4.69, 9.17) is 0 Å². The number of rotatable bonds is 7. The lowest BCUT2D eigenvalue weighted by molar-refractivity contribution is -0.145. The predicted molar refractivity (Wildman–Crippen MR) is 102 cm³/mol. The molecule has 2 amide bonds. The van der Waals surface area contributed by atoms with Crippen molar-refractivity contribution < 1.29 is 19.5 Å². The van der Waals surface area contributed by atoms with Gasteiger partial charge >= 0.3 is 5.97 Å². The van der Waals surface area contributed by atoms with Gasteiger partial charge in [0.25, 0.3) is 5.91 Å². The van der Waals surface area contributed by atoms with Gasteiger partial charge in [-0.2, -0.15) is 0 Å². The molecular weight excluding hydrogens is 388 g/mol. The molecule has 1 fully saturated rings. The molecule has 8 nitrogen and oxygen atoms in total. The van der Waals surface area contributed by atoms with Crippen LogP contribution in [0.1, 0.15) is 20.3 Å². The Morgan fingerprint density at radius 2 is 2.07 bits per heavy atom. The number of hydrogen-bond donors (Lipinski definition) is 2. The van der Waals surface area contributed by atoms with Gasteiger partial charge in [0.2, 0.25) is 5.91 Å². The van der Waals surface area contributed by atoms with Crippen LogP contribution in [-0.2, 0) is 14.4 Å². The molecule has 3 rings (SSSR count). The summed E-state index contributed by atoms with van der Waals surface area (Å²) in [5.74, 6) is -0.818. The maximum Gasteiger partial charge on any atom is 0.321 e. The molecule has 0 bridgehead atoms. The van der Waals surface area contributed by atoms with Gasteiger partial charge in [-0.05, 0) is 17.6 Å². The van der Waals surface area contributed by atoms with Gasteiger partial charge in [0.1, 0.15) is 16.7 Å². The number of nitrogens with one attached hydrogen (secondary N) is 1. The number of carbonyl (C=O) groups excluding carboxylic acids is 2. The Morgan fingerprint density at radius 1 is 1.37 bits per heavy atom. The van der Waals surface area contributed by atoms with Crippen molar-refractivity contribution in [2.45, 2.75) is 42.1 Å². The van der Waals surface area contributed by atoms with Crippen molar-refractivity contribution >= 4 is 41.3 Å². The molecule has 2 unspecified atom stereocenters. The fourth-order valence-corrected chi connectivity index (χ4v) is 5.08. The van der Waals surface area contributed by atoms with Crippen molar-refractivity contribution in [3.63, 3.8) is 0 Å². The number of carboxylic acids is 1. The normalized spacial score (nSPS) is 24.1. The van der Waals surface area contributed by atoms with E-state index in [1.807, 2.05) is 13.8 Å². The number of nitrogens with zero attached hydrogens (tertiary/aromatic N) is 3. The second-order valence-electron chi connectivity index (χ2n) is 6.66. The SMILES string of the molecule is CC(C)CC(=O)NC1C(=O)N2C=C(CSc3ncccn3)C(C(=O)O)S[C@H]12. The Morgan fingerprint density at radius 3 is 2.70 bits per heavy atom. The zero-order valence-corrected chi connectivity index (χ0v) is 16.5. The summed E-state index contributed by atoms with van der Waals surface area (Å²) in [4.78, 5) is 45.8. The zero-order chi connectivity index (χ0) is 19.6. The maximum atomic E-state index is 12.4. The third-order valence-corrected chi connectivity index (χ3v) is 6.54. The third kappa shape index (κ3) is 4.44. The van der Waals surface area contributed by atoms with Gasteiger partial charge in [0.05, 0.1) is 0 Å². The minimum atomic E-state index is -0.966. The molecule has 2 aliphatic rings. The molecular formula is C17H20N4O4S2. The number of carboxylic acid groups (broad SMARTS) is 1. The van der Waals surface area contributed by atoms with Crippen LogP contribution in [0.4, 0.5) is 0 Å². The van der Waals surface area contributed by atoms with Crippen LogP contribution in [0.15, 0.2) is 35.4 Å². The van der Waals surface area contributed by atoms with E-state index in [1.54, 1.807) is 24.7 Å². The molecule has 1 aromatic rings. The lowest BCUT2D eigenvalue weighted by Crippen LogP contribution is -2.69. The van der Waals surface area contributed by atoms with E-state index in [1.165, 1.54) is 28.4 Å². The first-order valence-electron chi connectivity index (χ1n) is 8.47. The van der Waals surface area contributed by atoms with E-state index < -0.39 is 22.6 Å². The first-order valence-corrected chi connectivity index (χ1v) is 10.4. The smallest absolute Gasteiger partial charge is 0.321 e. The molecule has 10 heteroatoms. The average Bonchev–Trinajstić information content (AvgIpc) is 2.63. The van der Waals surface area contributed by atoms with Crippen molar-refractivity contribution in [3.8, 4) is 0 Å². The summed E-state index contributed by atoms with van der Waals surface area (Å²) < 4.78 is 0. The molecule has 3 atom stereocenters. The monoisotopic (exact) mass is 408 g/mol. The minimum absolute atomic E-state index is 0.186. The summed E-state index contributed by atoms with van der Waals surface area (Å²) in [7, 11) is 0. The number of aliphatic carboxylic acids is 1. The Hall–Kier alpha value is -2.07. The molecule has 0 radical (unpaired) electrons. The molecule has 3 heterocycles. The number of aromatic nitrogens is 2. The standard InChI is InChI=1S/C17H20N4O4S2/c1-9(2)6-11(22)20-12-14(23)21-7-10(13(16(24)25)27-15(12)21)8-26-17-18-4-3-5-19-17/h3-5,7,9,12-13,15H,6,8H2,1-2H3,(H,20,22)(H,24,25)/t12?,13?,15-/m1/s1. The second-order valence-corrected chi connectivity index (χ2v) is 8.83. The van der Waals surface area contributed by atoms with Crippen molar-refractivity contribution in [2.24, 2.45) is 5.92 Å². The van der Waals surface area contributed by atoms with Gasteiger partial charge in [0.15, 0.2) is 5.16 Å². The van der Waals surface area contributed by atoms with E-state index in [0.29, 0.717) is 22.9 Å². The summed E-state index contributed by atoms with van der Waals surface area (Å²) in [6.07, 6.45) is 5.17. The van der Waals surface area contributed by atoms with Gasteiger partial charge in [-0.15, -0.1) is 11.8 Å². The quantitative estimate of drug-likeness (QED) is 0.395. The summed E-state index contributed by atoms with van der Waals surface area (Å²) in [5, 5.41) is 11.7. The minimum Gasteiger partial charge on any atom is -0.480 e. The molecule has 1 aromatic heterocycles. The number of carbonyl (C=O) groups is 3. The predicted octanol–water partition coefficient (Wildman–Crippen LogP) is 1.35. The van der Waals surface area contributed by atoms with Gasteiger partial charge in [-0.25, -0.2) is 9.97 Å². The van der Waals surface area contributed by atoms with Gasteiger partial charge < -0.3 is 15.3 Å². The number of thioether (sulfide) groups is 2. The van der Waals surface area contributed by atoms with Crippen LogP contribution in [0.25, 0.3) is 0 Å². The van der Waals surface area contributed by atoms with Crippen molar-refractivity contribution in [2.75, 3.05) is 5.75 Å². The van der Waals surface area contributed by atoms with Crippen molar-refractivity contribution in [1.29, 1.82) is 0 Å². The van der Waals surface area contributed by atoms with Crippen LogP contribution in [0.5, 0.6) is 0 Å². The van der Waals surface area contributed by atoms with Crippen molar-refractivity contribution in [3.05, 3.63) is 30.2 Å². The highest BCUT2D eigenvalue weighted by molar-refractivity contribution is 8.02. The lowest BCUT2D eigenvalue weighted by atomic mass is 10.0. The number of β-lactam (4-membered cyclic amide) rings is 1. The molecule has 2 aliphatic heterocycles. The Kier molecular flexibility index (Phi) is 6.05. The van der Waals surface area contributed by atoms with Crippen LogP contribution in [-0.4, -0.2) is 60.2 Å². The van der Waals surface area contributed by atoms with Crippen LogP contribution in [0.3, 0.4) is 0 Å². The Labute approximate surface area is 165 Å². The van der Waals surface area contributed by atoms with Gasteiger partial charge in [-0.1, -0.05) is 25.6 Å². The summed E-state index contributed by atoms with van der Waals surface area (Å²) in [6, 6.07) is 1.03. The van der Waals surface area contributed by atoms with E-state index in [2.05, 4.69) is 15.3 Å². The van der Waals surface area contributed by atoms with E-state index in [0.717, 1.165) is 0 Å². The lowest BCUT2D eigenvalue weighted by Gasteiger charge is -2.48.